The van der Waals surface area contributed by atoms with E-state index in [2.05, 4.69) is 13.8 Å². The van der Waals surface area contributed by atoms with Gasteiger partial charge in [-0.15, -0.1) is 0 Å². The van der Waals surface area contributed by atoms with Crippen LogP contribution in [0.1, 0.15) is 71.6 Å². The number of rotatable bonds is 12. The highest BCUT2D eigenvalue weighted by molar-refractivity contribution is 5.19. The fourth-order valence-corrected chi connectivity index (χ4v) is 2.38. The molecule has 0 saturated heterocycles. The van der Waals surface area contributed by atoms with Crippen LogP contribution in [0.25, 0.3) is 0 Å². The quantitative estimate of drug-likeness (QED) is 0.418. The first-order valence-corrected chi connectivity index (χ1v) is 8.57. The van der Waals surface area contributed by atoms with Crippen molar-refractivity contribution in [1.29, 1.82) is 0 Å². The van der Waals surface area contributed by atoms with Gasteiger partial charge in [-0.1, -0.05) is 58.4 Å². The minimum atomic E-state index is -1.18. The Labute approximate surface area is 130 Å². The van der Waals surface area contributed by atoms with Crippen molar-refractivity contribution in [2.75, 3.05) is 13.2 Å². The molecule has 0 fully saturated rings. The Hall–Kier alpha value is -0.800. The summed E-state index contributed by atoms with van der Waals surface area (Å²) < 4.78 is 11.4. The second-order valence-corrected chi connectivity index (χ2v) is 5.83. The zero-order valence-corrected chi connectivity index (χ0v) is 13.8. The smallest absolute Gasteiger partial charge is 0.192 e. The van der Waals surface area contributed by atoms with Gasteiger partial charge in [0.25, 0.3) is 0 Å². The lowest BCUT2D eigenvalue weighted by molar-refractivity contribution is -0.172. The van der Waals surface area contributed by atoms with Crippen LogP contribution < -0.4 is 0 Å². The Morgan fingerprint density at radius 2 is 1.67 bits per heavy atom. The van der Waals surface area contributed by atoms with Crippen LogP contribution in [-0.4, -0.2) is 24.1 Å². The molecular weight excluding hydrogens is 264 g/mol. The summed E-state index contributed by atoms with van der Waals surface area (Å²) in [4.78, 5) is 0. The first kappa shape index (κ1) is 18.2. The summed E-state index contributed by atoms with van der Waals surface area (Å²) in [5, 5.41) is 10.4. The molecular formula is C18H32O3. The van der Waals surface area contributed by atoms with E-state index in [0.29, 0.717) is 13.0 Å². The van der Waals surface area contributed by atoms with Gasteiger partial charge in [0.1, 0.15) is 5.76 Å². The van der Waals surface area contributed by atoms with Crippen molar-refractivity contribution in [3.63, 3.8) is 0 Å². The number of unbranched alkanes of at least 4 members (excludes halogenated alkanes) is 6. The molecule has 0 aromatic rings. The minimum absolute atomic E-state index is 0.422. The lowest BCUT2D eigenvalue weighted by atomic mass is 10.1. The molecule has 0 bridgehead atoms. The SMILES string of the molecule is CCCCCCOC1=CC=CC(O)(OCCCCCC)C1. The van der Waals surface area contributed by atoms with Crippen molar-refractivity contribution in [1.82, 2.24) is 0 Å². The second-order valence-electron chi connectivity index (χ2n) is 5.83. The lowest BCUT2D eigenvalue weighted by Gasteiger charge is -2.28. The lowest BCUT2D eigenvalue weighted by Crippen LogP contribution is -2.32. The van der Waals surface area contributed by atoms with Crippen LogP contribution in [0, 0.1) is 0 Å². The van der Waals surface area contributed by atoms with Crippen LogP contribution >= 0.6 is 0 Å². The van der Waals surface area contributed by atoms with Crippen LogP contribution in [-0.2, 0) is 9.47 Å². The average Bonchev–Trinajstić information content (AvgIpc) is 2.47. The molecule has 1 atom stereocenters. The van der Waals surface area contributed by atoms with E-state index in [0.717, 1.165) is 31.6 Å². The molecule has 0 aromatic heterocycles. The molecule has 3 nitrogen and oxygen atoms in total. The average molecular weight is 296 g/mol. The number of allylic oxidation sites excluding steroid dienone is 2. The molecule has 1 aliphatic carbocycles. The Morgan fingerprint density at radius 3 is 2.33 bits per heavy atom. The van der Waals surface area contributed by atoms with Crippen molar-refractivity contribution >= 4 is 0 Å². The van der Waals surface area contributed by atoms with Gasteiger partial charge in [0, 0.05) is 0 Å². The van der Waals surface area contributed by atoms with Gasteiger partial charge in [0.15, 0.2) is 5.79 Å². The van der Waals surface area contributed by atoms with Crippen molar-refractivity contribution in [2.24, 2.45) is 0 Å². The van der Waals surface area contributed by atoms with E-state index in [-0.39, 0.29) is 0 Å². The van der Waals surface area contributed by atoms with E-state index in [4.69, 9.17) is 9.47 Å². The Balaban J connectivity index is 2.20. The molecule has 1 N–H and O–H groups in total. The van der Waals surface area contributed by atoms with Crippen molar-refractivity contribution in [3.05, 3.63) is 24.0 Å². The molecule has 1 aliphatic rings. The third-order valence-electron chi connectivity index (χ3n) is 3.70. The van der Waals surface area contributed by atoms with Crippen LogP contribution in [0.5, 0.6) is 0 Å². The summed E-state index contributed by atoms with van der Waals surface area (Å²) in [7, 11) is 0. The fraction of sp³-hybridized carbons (Fsp3) is 0.778. The van der Waals surface area contributed by atoms with Gasteiger partial charge in [-0.3, -0.25) is 0 Å². The van der Waals surface area contributed by atoms with Gasteiger partial charge in [0.05, 0.1) is 19.6 Å². The molecule has 0 saturated carbocycles. The summed E-state index contributed by atoms with van der Waals surface area (Å²) in [5.74, 6) is -0.357. The van der Waals surface area contributed by atoms with Crippen molar-refractivity contribution in [3.8, 4) is 0 Å². The molecule has 0 aromatic carbocycles. The highest BCUT2D eigenvalue weighted by Crippen LogP contribution is 2.25. The third-order valence-corrected chi connectivity index (χ3v) is 3.70. The number of ether oxygens (including phenoxy) is 2. The van der Waals surface area contributed by atoms with Gasteiger partial charge >= 0.3 is 0 Å². The van der Waals surface area contributed by atoms with Gasteiger partial charge in [-0.2, -0.15) is 0 Å². The van der Waals surface area contributed by atoms with Gasteiger partial charge < -0.3 is 14.6 Å². The number of aliphatic hydroxyl groups is 1. The van der Waals surface area contributed by atoms with E-state index in [1.807, 2.05) is 12.2 Å². The second kappa shape index (κ2) is 10.9. The first-order chi connectivity index (χ1) is 10.2. The van der Waals surface area contributed by atoms with Crippen LogP contribution in [0.15, 0.2) is 24.0 Å². The molecule has 21 heavy (non-hydrogen) atoms. The monoisotopic (exact) mass is 296 g/mol. The predicted octanol–water partition coefficient (Wildman–Crippen LogP) is 4.71. The van der Waals surface area contributed by atoms with E-state index in [9.17, 15) is 5.11 Å². The third kappa shape index (κ3) is 8.27. The molecule has 0 spiro atoms. The van der Waals surface area contributed by atoms with E-state index in [1.54, 1.807) is 6.08 Å². The summed E-state index contributed by atoms with van der Waals surface area (Å²) >= 11 is 0. The zero-order chi connectivity index (χ0) is 15.4. The topological polar surface area (TPSA) is 38.7 Å². The van der Waals surface area contributed by atoms with Crippen molar-refractivity contribution in [2.45, 2.75) is 77.4 Å². The maximum atomic E-state index is 10.4. The van der Waals surface area contributed by atoms with E-state index >= 15 is 0 Å². The Morgan fingerprint density at radius 1 is 1.00 bits per heavy atom. The molecule has 122 valence electrons. The van der Waals surface area contributed by atoms with Crippen LogP contribution in [0.3, 0.4) is 0 Å². The highest BCUT2D eigenvalue weighted by Gasteiger charge is 2.28. The maximum absolute atomic E-state index is 10.4. The van der Waals surface area contributed by atoms with Crippen molar-refractivity contribution < 1.29 is 14.6 Å². The van der Waals surface area contributed by atoms with Gasteiger partial charge in [-0.25, -0.2) is 0 Å². The number of hydrogen-bond acceptors (Lipinski definition) is 3. The normalized spacial score (nSPS) is 21.4. The van der Waals surface area contributed by atoms with E-state index in [1.165, 1.54) is 32.1 Å². The summed E-state index contributed by atoms with van der Waals surface area (Å²) in [6.07, 6.45) is 15.3. The van der Waals surface area contributed by atoms with E-state index < -0.39 is 5.79 Å². The standard InChI is InChI=1S/C18H32O3/c1-3-5-7-9-14-20-17-12-11-13-18(19,16-17)21-15-10-8-6-4-2/h11-13,19H,3-10,14-16H2,1-2H3. The van der Waals surface area contributed by atoms with Gasteiger partial charge in [0.2, 0.25) is 0 Å². The molecule has 0 heterocycles. The Bertz CT molecular complexity index is 322. The van der Waals surface area contributed by atoms with Gasteiger partial charge in [-0.05, 0) is 25.0 Å². The molecule has 1 unspecified atom stereocenters. The summed E-state index contributed by atoms with van der Waals surface area (Å²) in [5.41, 5.74) is 0. The van der Waals surface area contributed by atoms with Crippen LogP contribution in [0.4, 0.5) is 0 Å². The summed E-state index contributed by atoms with van der Waals surface area (Å²) in [6, 6.07) is 0. The fourth-order valence-electron chi connectivity index (χ4n) is 2.38. The zero-order valence-electron chi connectivity index (χ0n) is 13.8. The molecule has 3 heteroatoms. The minimum Gasteiger partial charge on any atom is -0.498 e. The molecule has 0 radical (unpaired) electrons. The number of hydrogen-bond donors (Lipinski definition) is 1. The molecule has 1 rings (SSSR count). The maximum Gasteiger partial charge on any atom is 0.192 e. The Kier molecular flexibility index (Phi) is 9.44. The first-order valence-electron chi connectivity index (χ1n) is 8.57. The predicted molar refractivity (Wildman–Crippen MR) is 87.0 cm³/mol. The highest BCUT2D eigenvalue weighted by atomic mass is 16.6. The van der Waals surface area contributed by atoms with Crippen LogP contribution in [0.2, 0.25) is 0 Å². The largest absolute Gasteiger partial charge is 0.498 e. The summed E-state index contributed by atoms with van der Waals surface area (Å²) in [6.45, 7) is 5.72. The molecule has 0 amide bonds. The molecule has 0 aliphatic heterocycles.